The number of hydrogen-bond donors (Lipinski definition) is 1. The third-order valence-electron chi connectivity index (χ3n) is 1.46. The standard InChI is InChI=1S/C8H7N.CH3.BrH.Mg/c1-2-4-8-7(3-1)5-6-9-8;;;/h1-6,9H;1H3;1H;/q;-1;;+2/p-1. The van der Waals surface area contributed by atoms with Crippen LogP contribution in [0.15, 0.2) is 36.5 Å². The van der Waals surface area contributed by atoms with Crippen LogP contribution >= 0.6 is 0 Å². The van der Waals surface area contributed by atoms with Crippen molar-refractivity contribution in [3.8, 4) is 0 Å². The normalized spacial score (nSPS) is 7.67. The summed E-state index contributed by atoms with van der Waals surface area (Å²) in [6.45, 7) is 0. The van der Waals surface area contributed by atoms with Crippen LogP contribution in [0.4, 0.5) is 0 Å². The van der Waals surface area contributed by atoms with Gasteiger partial charge in [0, 0.05) is 11.7 Å². The minimum Gasteiger partial charge on any atom is -1.00 e. The van der Waals surface area contributed by atoms with Gasteiger partial charge in [-0.05, 0) is 17.5 Å². The minimum atomic E-state index is 0. The van der Waals surface area contributed by atoms with E-state index in [1.54, 1.807) is 0 Å². The Labute approximate surface area is 99.5 Å². The Kier molecular flexibility index (Phi) is 7.89. The minimum absolute atomic E-state index is 0. The van der Waals surface area contributed by atoms with Gasteiger partial charge in [0.25, 0.3) is 0 Å². The molecule has 0 bridgehead atoms. The largest absolute Gasteiger partial charge is 2.00 e. The van der Waals surface area contributed by atoms with Gasteiger partial charge in [0.15, 0.2) is 0 Å². The number of fused-ring (bicyclic) bond motifs is 1. The van der Waals surface area contributed by atoms with Gasteiger partial charge >= 0.3 is 23.1 Å². The molecule has 60 valence electrons. The number of hydrogen-bond acceptors (Lipinski definition) is 0. The van der Waals surface area contributed by atoms with Gasteiger partial charge < -0.3 is 29.4 Å². The summed E-state index contributed by atoms with van der Waals surface area (Å²) in [5.41, 5.74) is 1.21. The Bertz CT molecular complexity index is 289. The second kappa shape index (κ2) is 6.51. The van der Waals surface area contributed by atoms with E-state index < -0.39 is 0 Å². The number of para-hydroxylation sites is 1. The molecule has 0 aliphatic heterocycles. The number of aromatic nitrogens is 1. The summed E-state index contributed by atoms with van der Waals surface area (Å²) in [6, 6.07) is 10.3. The Morgan fingerprint density at radius 3 is 2.33 bits per heavy atom. The monoisotopic (exact) mass is 235 g/mol. The predicted molar refractivity (Wildman–Crippen MR) is 50.5 cm³/mol. The van der Waals surface area contributed by atoms with Crippen molar-refractivity contribution in [2.45, 2.75) is 0 Å². The summed E-state index contributed by atoms with van der Waals surface area (Å²) in [4.78, 5) is 3.12. The average Bonchev–Trinajstić information content (AvgIpc) is 2.33. The zero-order valence-corrected chi connectivity index (χ0v) is 10.0. The molecule has 0 saturated carbocycles. The zero-order chi connectivity index (χ0) is 6.10. The summed E-state index contributed by atoms with van der Waals surface area (Å²) in [6.07, 6.45) is 1.95. The van der Waals surface area contributed by atoms with Crippen molar-refractivity contribution in [2.24, 2.45) is 0 Å². The Hall–Kier alpha value is 0.00623. The van der Waals surface area contributed by atoms with Crippen molar-refractivity contribution in [3.05, 3.63) is 44.0 Å². The summed E-state index contributed by atoms with van der Waals surface area (Å²) >= 11 is 0. The SMILES string of the molecule is [Br-].[CH3-].[Mg+2].c1ccc2[nH]ccc2c1. The van der Waals surface area contributed by atoms with E-state index >= 15 is 0 Å². The molecule has 0 saturated heterocycles. The molecule has 0 amide bonds. The van der Waals surface area contributed by atoms with E-state index in [-0.39, 0.29) is 47.5 Å². The van der Waals surface area contributed by atoms with Crippen molar-refractivity contribution in [3.63, 3.8) is 0 Å². The van der Waals surface area contributed by atoms with Crippen LogP contribution in [0.3, 0.4) is 0 Å². The molecule has 3 heteroatoms. The fraction of sp³-hybridized carbons (Fsp3) is 0. The van der Waals surface area contributed by atoms with Crippen LogP contribution in [0.5, 0.6) is 0 Å². The third kappa shape index (κ3) is 2.81. The molecule has 2 aromatic rings. The Morgan fingerprint density at radius 2 is 1.67 bits per heavy atom. The maximum atomic E-state index is 3.12. The van der Waals surface area contributed by atoms with Crippen LogP contribution in [-0.4, -0.2) is 28.0 Å². The molecule has 1 N–H and O–H groups in total. The molecule has 0 unspecified atom stereocenters. The predicted octanol–water partition coefficient (Wildman–Crippen LogP) is -0.759. The molecule has 0 aliphatic carbocycles. The van der Waals surface area contributed by atoms with E-state index in [9.17, 15) is 0 Å². The molecule has 2 rings (SSSR count). The first-order chi connectivity index (χ1) is 4.47. The van der Waals surface area contributed by atoms with Crippen molar-refractivity contribution >= 4 is 34.0 Å². The second-order valence-electron chi connectivity index (χ2n) is 2.06. The molecular formula is C9H10BrMgN. The summed E-state index contributed by atoms with van der Waals surface area (Å²) in [5.74, 6) is 0. The van der Waals surface area contributed by atoms with Gasteiger partial charge in [-0.2, -0.15) is 0 Å². The van der Waals surface area contributed by atoms with Crippen molar-refractivity contribution in [2.75, 3.05) is 0 Å². The number of aromatic amines is 1. The quantitative estimate of drug-likeness (QED) is 0.457. The van der Waals surface area contributed by atoms with Crippen LogP contribution in [0, 0.1) is 7.43 Å². The molecule has 0 fully saturated rings. The van der Waals surface area contributed by atoms with Gasteiger partial charge in [-0.25, -0.2) is 0 Å². The first kappa shape index (κ1) is 14.5. The number of nitrogens with one attached hydrogen (secondary N) is 1. The number of halogens is 1. The van der Waals surface area contributed by atoms with Crippen LogP contribution in [0.2, 0.25) is 0 Å². The van der Waals surface area contributed by atoms with Crippen LogP contribution in [0.1, 0.15) is 0 Å². The van der Waals surface area contributed by atoms with E-state index in [1.165, 1.54) is 10.9 Å². The fourth-order valence-corrected chi connectivity index (χ4v) is 0.995. The van der Waals surface area contributed by atoms with Crippen molar-refractivity contribution in [1.82, 2.24) is 4.98 Å². The molecule has 1 nitrogen and oxygen atoms in total. The smallest absolute Gasteiger partial charge is 1.00 e. The topological polar surface area (TPSA) is 15.8 Å². The molecule has 1 aromatic carbocycles. The fourth-order valence-electron chi connectivity index (χ4n) is 0.995. The van der Waals surface area contributed by atoms with Crippen molar-refractivity contribution < 1.29 is 17.0 Å². The van der Waals surface area contributed by atoms with Gasteiger partial charge in [0.2, 0.25) is 0 Å². The number of H-pyrrole nitrogens is 1. The van der Waals surface area contributed by atoms with Gasteiger partial charge in [-0.3, -0.25) is 0 Å². The van der Waals surface area contributed by atoms with E-state index in [0.29, 0.717) is 0 Å². The van der Waals surface area contributed by atoms with E-state index in [4.69, 9.17) is 0 Å². The summed E-state index contributed by atoms with van der Waals surface area (Å²) < 4.78 is 0. The molecule has 0 radical (unpaired) electrons. The van der Waals surface area contributed by atoms with Crippen LogP contribution < -0.4 is 17.0 Å². The van der Waals surface area contributed by atoms with Crippen LogP contribution in [0.25, 0.3) is 10.9 Å². The Morgan fingerprint density at radius 1 is 1.00 bits per heavy atom. The molecule has 12 heavy (non-hydrogen) atoms. The summed E-state index contributed by atoms with van der Waals surface area (Å²) in [5, 5.41) is 1.28. The maximum Gasteiger partial charge on any atom is 2.00 e. The first-order valence-corrected chi connectivity index (χ1v) is 2.99. The number of rotatable bonds is 0. The van der Waals surface area contributed by atoms with E-state index in [2.05, 4.69) is 23.2 Å². The molecule has 0 atom stereocenters. The maximum absolute atomic E-state index is 3.12. The van der Waals surface area contributed by atoms with Crippen molar-refractivity contribution in [1.29, 1.82) is 0 Å². The first-order valence-electron chi connectivity index (χ1n) is 2.99. The van der Waals surface area contributed by atoms with Gasteiger partial charge in [0.05, 0.1) is 0 Å². The molecule has 1 aromatic heterocycles. The van der Waals surface area contributed by atoms with Gasteiger partial charge in [0.1, 0.15) is 0 Å². The van der Waals surface area contributed by atoms with E-state index in [1.807, 2.05) is 18.3 Å². The molecular weight excluding hydrogens is 226 g/mol. The average molecular weight is 236 g/mol. The zero-order valence-electron chi connectivity index (χ0n) is 7.05. The molecule has 1 heterocycles. The Balaban J connectivity index is 0. The van der Waals surface area contributed by atoms with Crippen LogP contribution in [-0.2, 0) is 0 Å². The van der Waals surface area contributed by atoms with Gasteiger partial charge in [-0.1, -0.05) is 18.2 Å². The molecule has 0 aliphatic rings. The van der Waals surface area contributed by atoms with E-state index in [0.717, 1.165) is 0 Å². The third-order valence-corrected chi connectivity index (χ3v) is 1.46. The molecule has 0 spiro atoms. The number of benzene rings is 1. The second-order valence-corrected chi connectivity index (χ2v) is 2.06. The van der Waals surface area contributed by atoms with Gasteiger partial charge in [-0.15, -0.1) is 0 Å². The summed E-state index contributed by atoms with van der Waals surface area (Å²) in [7, 11) is 0.